The summed E-state index contributed by atoms with van der Waals surface area (Å²) >= 11 is 0. The molecule has 1 aromatic heterocycles. The summed E-state index contributed by atoms with van der Waals surface area (Å²) < 4.78 is 39.0. The predicted octanol–water partition coefficient (Wildman–Crippen LogP) is 4.28. The number of aromatic nitrogens is 2. The number of benzene rings is 1. The van der Waals surface area contributed by atoms with Gasteiger partial charge in [-0.05, 0) is 56.9 Å². The lowest BCUT2D eigenvalue weighted by Crippen LogP contribution is -2.38. The minimum Gasteiger partial charge on any atom is -0.356 e. The summed E-state index contributed by atoms with van der Waals surface area (Å²) in [5.74, 6) is 0.106. The molecule has 0 radical (unpaired) electrons. The number of hydrogen-bond donors (Lipinski definition) is 1. The van der Waals surface area contributed by atoms with Crippen molar-refractivity contribution in [3.05, 3.63) is 46.9 Å². The van der Waals surface area contributed by atoms with E-state index in [1.807, 2.05) is 32.0 Å². The van der Waals surface area contributed by atoms with E-state index in [-0.39, 0.29) is 23.5 Å². The highest BCUT2D eigenvalue weighted by atomic mass is 19.4. The molecule has 1 saturated heterocycles. The Hall–Kier alpha value is -2.64. The standard InChI is InChI=1S/C20H23F3N4O/c1-12-8-13(2)10-16(9-12)26-19(28)15-4-6-27(7-5-15)18-11-17(20(21,22)23)24-14(3)25-18/h8-11,15H,4-7H2,1-3H3,(H,26,28). The van der Waals surface area contributed by atoms with Crippen molar-refractivity contribution in [2.24, 2.45) is 5.92 Å². The Morgan fingerprint density at radius 1 is 1.04 bits per heavy atom. The number of amides is 1. The van der Waals surface area contributed by atoms with Gasteiger partial charge in [0, 0.05) is 30.8 Å². The topological polar surface area (TPSA) is 58.1 Å². The number of piperidine rings is 1. The van der Waals surface area contributed by atoms with E-state index in [2.05, 4.69) is 15.3 Å². The van der Waals surface area contributed by atoms with E-state index in [0.29, 0.717) is 25.9 Å². The summed E-state index contributed by atoms with van der Waals surface area (Å²) in [7, 11) is 0. The van der Waals surface area contributed by atoms with E-state index < -0.39 is 11.9 Å². The first-order valence-electron chi connectivity index (χ1n) is 9.19. The fourth-order valence-electron chi connectivity index (χ4n) is 3.52. The minimum atomic E-state index is -4.51. The minimum absolute atomic E-state index is 0.0560. The number of alkyl halides is 3. The second kappa shape index (κ2) is 7.77. The lowest BCUT2D eigenvalue weighted by Gasteiger charge is -2.32. The van der Waals surface area contributed by atoms with Gasteiger partial charge >= 0.3 is 6.18 Å². The molecule has 3 rings (SSSR count). The van der Waals surface area contributed by atoms with Crippen LogP contribution in [-0.4, -0.2) is 29.0 Å². The molecule has 0 spiro atoms. The summed E-state index contributed by atoms with van der Waals surface area (Å²) in [5.41, 5.74) is 1.98. The van der Waals surface area contributed by atoms with E-state index in [4.69, 9.17) is 0 Å². The van der Waals surface area contributed by atoms with Crippen LogP contribution in [0.15, 0.2) is 24.3 Å². The quantitative estimate of drug-likeness (QED) is 0.847. The Labute approximate surface area is 162 Å². The lowest BCUT2D eigenvalue weighted by atomic mass is 9.95. The SMILES string of the molecule is Cc1cc(C)cc(NC(=O)C2CCN(c3cc(C(F)(F)F)nc(C)n3)CC2)c1. The summed E-state index contributed by atoms with van der Waals surface area (Å²) in [5, 5.41) is 2.95. The third-order valence-electron chi connectivity index (χ3n) is 4.79. The van der Waals surface area contributed by atoms with E-state index in [0.717, 1.165) is 22.9 Å². The highest BCUT2D eigenvalue weighted by molar-refractivity contribution is 5.92. The zero-order valence-electron chi connectivity index (χ0n) is 16.1. The molecule has 1 amide bonds. The molecule has 0 saturated carbocycles. The van der Waals surface area contributed by atoms with Crippen molar-refractivity contribution >= 4 is 17.4 Å². The number of rotatable bonds is 3. The fourth-order valence-corrected chi connectivity index (χ4v) is 3.52. The van der Waals surface area contributed by atoms with Crippen molar-refractivity contribution in [2.75, 3.05) is 23.3 Å². The van der Waals surface area contributed by atoms with Crippen LogP contribution in [0.3, 0.4) is 0 Å². The van der Waals surface area contributed by atoms with Crippen LogP contribution in [0.5, 0.6) is 0 Å². The second-order valence-corrected chi connectivity index (χ2v) is 7.28. The van der Waals surface area contributed by atoms with Crippen LogP contribution in [0.25, 0.3) is 0 Å². The molecule has 1 aliphatic rings. The Morgan fingerprint density at radius 3 is 2.21 bits per heavy atom. The summed E-state index contributed by atoms with van der Waals surface area (Å²) in [6.45, 7) is 6.33. The summed E-state index contributed by atoms with van der Waals surface area (Å²) in [6.07, 6.45) is -3.39. The van der Waals surface area contributed by atoms with Gasteiger partial charge in [-0.3, -0.25) is 4.79 Å². The number of hydrogen-bond acceptors (Lipinski definition) is 4. The van der Waals surface area contributed by atoms with Crippen molar-refractivity contribution in [1.29, 1.82) is 0 Å². The number of nitrogens with one attached hydrogen (secondary N) is 1. The molecule has 2 aromatic rings. The molecule has 0 unspecified atom stereocenters. The lowest BCUT2D eigenvalue weighted by molar-refractivity contribution is -0.141. The maximum atomic E-state index is 13.0. The molecule has 0 aliphatic carbocycles. The van der Waals surface area contributed by atoms with Gasteiger partial charge < -0.3 is 10.2 Å². The Kier molecular flexibility index (Phi) is 5.58. The average Bonchev–Trinajstić information content (AvgIpc) is 2.59. The normalized spacial score (nSPS) is 15.6. The Morgan fingerprint density at radius 2 is 1.64 bits per heavy atom. The van der Waals surface area contributed by atoms with Gasteiger partial charge in [0.05, 0.1) is 0 Å². The molecule has 5 nitrogen and oxygen atoms in total. The third kappa shape index (κ3) is 4.79. The number of halogens is 3. The van der Waals surface area contributed by atoms with Gasteiger partial charge in [0.1, 0.15) is 17.3 Å². The van der Waals surface area contributed by atoms with Crippen LogP contribution in [0.4, 0.5) is 24.7 Å². The molecule has 1 fully saturated rings. The predicted molar refractivity (Wildman–Crippen MR) is 101 cm³/mol. The van der Waals surface area contributed by atoms with Crippen LogP contribution >= 0.6 is 0 Å². The molecule has 1 N–H and O–H groups in total. The molecule has 0 bridgehead atoms. The van der Waals surface area contributed by atoms with Gasteiger partial charge in [0.25, 0.3) is 0 Å². The van der Waals surface area contributed by atoms with Gasteiger partial charge in [-0.1, -0.05) is 6.07 Å². The van der Waals surface area contributed by atoms with Gasteiger partial charge in [-0.25, -0.2) is 9.97 Å². The van der Waals surface area contributed by atoms with E-state index in [1.165, 1.54) is 6.92 Å². The summed E-state index contributed by atoms with van der Waals surface area (Å²) in [4.78, 5) is 22.0. The first kappa shape index (κ1) is 20.1. The molecule has 150 valence electrons. The number of carbonyl (C=O) groups excluding carboxylic acids is 1. The van der Waals surface area contributed by atoms with E-state index in [9.17, 15) is 18.0 Å². The molecule has 1 aromatic carbocycles. The van der Waals surface area contributed by atoms with Crippen LogP contribution in [0, 0.1) is 26.7 Å². The second-order valence-electron chi connectivity index (χ2n) is 7.28. The highest BCUT2D eigenvalue weighted by Gasteiger charge is 2.34. The molecule has 1 aliphatic heterocycles. The van der Waals surface area contributed by atoms with Crippen molar-refractivity contribution < 1.29 is 18.0 Å². The largest absolute Gasteiger partial charge is 0.433 e. The Bertz CT molecular complexity index is 854. The van der Waals surface area contributed by atoms with Crippen molar-refractivity contribution in [1.82, 2.24) is 9.97 Å². The number of nitrogens with zero attached hydrogens (tertiary/aromatic N) is 3. The fraction of sp³-hybridized carbons (Fsp3) is 0.450. The number of aryl methyl sites for hydroxylation is 3. The zero-order chi connectivity index (χ0) is 20.5. The summed E-state index contributed by atoms with van der Waals surface area (Å²) in [6, 6.07) is 6.85. The van der Waals surface area contributed by atoms with Crippen LogP contribution < -0.4 is 10.2 Å². The zero-order valence-corrected chi connectivity index (χ0v) is 16.1. The molecule has 8 heteroatoms. The van der Waals surface area contributed by atoms with Gasteiger partial charge in [-0.15, -0.1) is 0 Å². The smallest absolute Gasteiger partial charge is 0.356 e. The van der Waals surface area contributed by atoms with Crippen LogP contribution in [-0.2, 0) is 11.0 Å². The first-order chi connectivity index (χ1) is 13.1. The Balaban J connectivity index is 1.64. The molecule has 2 heterocycles. The first-order valence-corrected chi connectivity index (χ1v) is 9.19. The van der Waals surface area contributed by atoms with E-state index >= 15 is 0 Å². The third-order valence-corrected chi connectivity index (χ3v) is 4.79. The molecule has 0 atom stereocenters. The maximum Gasteiger partial charge on any atom is 0.433 e. The monoisotopic (exact) mass is 392 g/mol. The van der Waals surface area contributed by atoms with Crippen LogP contribution in [0.2, 0.25) is 0 Å². The van der Waals surface area contributed by atoms with Crippen molar-refractivity contribution in [2.45, 2.75) is 39.8 Å². The highest BCUT2D eigenvalue weighted by Crippen LogP contribution is 2.31. The van der Waals surface area contributed by atoms with E-state index in [1.54, 1.807) is 4.90 Å². The van der Waals surface area contributed by atoms with Crippen LogP contribution in [0.1, 0.15) is 35.5 Å². The number of carbonyl (C=O) groups is 1. The van der Waals surface area contributed by atoms with Gasteiger partial charge in [-0.2, -0.15) is 13.2 Å². The number of anilines is 2. The molecule has 28 heavy (non-hydrogen) atoms. The maximum absolute atomic E-state index is 13.0. The van der Waals surface area contributed by atoms with Gasteiger partial charge in [0.2, 0.25) is 5.91 Å². The molecular formula is C20H23F3N4O. The van der Waals surface area contributed by atoms with Crippen molar-refractivity contribution in [3.8, 4) is 0 Å². The van der Waals surface area contributed by atoms with Gasteiger partial charge in [0.15, 0.2) is 0 Å². The average molecular weight is 392 g/mol. The van der Waals surface area contributed by atoms with Crippen molar-refractivity contribution in [3.63, 3.8) is 0 Å². The molecular weight excluding hydrogens is 369 g/mol.